The van der Waals surface area contributed by atoms with Crippen molar-refractivity contribution < 1.29 is 23.8 Å². The van der Waals surface area contributed by atoms with Crippen LogP contribution in [0.15, 0.2) is 42.5 Å². The molecule has 0 saturated carbocycles. The number of amides is 1. The lowest BCUT2D eigenvalue weighted by atomic mass is 10.1. The van der Waals surface area contributed by atoms with Crippen molar-refractivity contribution in [1.82, 2.24) is 0 Å². The molecule has 0 saturated heterocycles. The lowest BCUT2D eigenvalue weighted by molar-refractivity contribution is -0.149. The number of esters is 1. The second-order valence-corrected chi connectivity index (χ2v) is 5.85. The molecule has 1 aliphatic rings. The van der Waals surface area contributed by atoms with E-state index < -0.39 is 12.1 Å². The average Bonchev–Trinajstić information content (AvgIpc) is 2.60. The summed E-state index contributed by atoms with van der Waals surface area (Å²) in [4.78, 5) is 24.1. The van der Waals surface area contributed by atoms with Crippen LogP contribution in [0, 0.1) is 0 Å². The Balaban J connectivity index is 1.60. The van der Waals surface area contributed by atoms with Crippen molar-refractivity contribution in [3.63, 3.8) is 0 Å². The summed E-state index contributed by atoms with van der Waals surface area (Å²) in [5, 5.41) is 3.22. The summed E-state index contributed by atoms with van der Waals surface area (Å²) in [6.07, 6.45) is -1.12. The summed E-state index contributed by atoms with van der Waals surface area (Å²) in [6.45, 7) is -0.00646. The molecule has 1 heterocycles. The number of hydrogen-bond donors (Lipinski definition) is 1. The van der Waals surface area contributed by atoms with Gasteiger partial charge in [0.2, 0.25) is 0 Å². The number of methoxy groups -OCH3 is 1. The molecule has 6 nitrogen and oxygen atoms in total. The van der Waals surface area contributed by atoms with Crippen LogP contribution in [0.2, 0.25) is 5.02 Å². The summed E-state index contributed by atoms with van der Waals surface area (Å²) in [7, 11) is 1.52. The van der Waals surface area contributed by atoms with Crippen LogP contribution in [0.1, 0.15) is 12.0 Å². The van der Waals surface area contributed by atoms with E-state index in [4.69, 9.17) is 25.8 Å². The molecular formula is C18H16ClNO5. The molecule has 1 N–H and O–H groups in total. The van der Waals surface area contributed by atoms with E-state index in [1.165, 1.54) is 7.11 Å². The van der Waals surface area contributed by atoms with Gasteiger partial charge in [-0.05, 0) is 30.3 Å². The molecule has 130 valence electrons. The second-order valence-electron chi connectivity index (χ2n) is 5.41. The Morgan fingerprint density at radius 2 is 2.08 bits per heavy atom. The normalized spacial score (nSPS) is 15.6. The lowest BCUT2D eigenvalue weighted by Crippen LogP contribution is -2.38. The Bertz CT molecular complexity index is 808. The molecule has 0 fully saturated rings. The highest BCUT2D eigenvalue weighted by Crippen LogP contribution is 2.30. The van der Waals surface area contributed by atoms with Crippen LogP contribution >= 0.6 is 11.6 Å². The predicted octanol–water partition coefficient (Wildman–Crippen LogP) is 3.18. The molecule has 0 aromatic heterocycles. The van der Waals surface area contributed by atoms with Gasteiger partial charge in [0.1, 0.15) is 18.1 Å². The number of halogens is 1. The quantitative estimate of drug-likeness (QED) is 0.828. The molecule has 0 unspecified atom stereocenters. The fourth-order valence-corrected chi connectivity index (χ4v) is 2.65. The SMILES string of the molecule is COc1ccc(Cl)cc1COC(=O)C[C@@H]1Oc2ccccc2NC1=O. The number of ether oxygens (including phenoxy) is 3. The van der Waals surface area contributed by atoms with Crippen LogP contribution in [-0.4, -0.2) is 25.1 Å². The number of anilines is 1. The molecule has 3 rings (SSSR count). The van der Waals surface area contributed by atoms with E-state index >= 15 is 0 Å². The maximum Gasteiger partial charge on any atom is 0.310 e. The molecule has 0 spiro atoms. The van der Waals surface area contributed by atoms with Gasteiger partial charge in [0.05, 0.1) is 19.2 Å². The molecular weight excluding hydrogens is 346 g/mol. The third-order valence-electron chi connectivity index (χ3n) is 3.69. The zero-order valence-corrected chi connectivity index (χ0v) is 14.2. The molecule has 1 atom stereocenters. The number of rotatable bonds is 5. The highest BCUT2D eigenvalue weighted by Gasteiger charge is 2.30. The first-order valence-electron chi connectivity index (χ1n) is 7.61. The smallest absolute Gasteiger partial charge is 0.310 e. The number of carbonyl (C=O) groups excluding carboxylic acids is 2. The van der Waals surface area contributed by atoms with E-state index in [1.54, 1.807) is 42.5 Å². The minimum atomic E-state index is -0.927. The van der Waals surface area contributed by atoms with Gasteiger partial charge in [-0.3, -0.25) is 9.59 Å². The van der Waals surface area contributed by atoms with Crippen molar-refractivity contribution in [2.24, 2.45) is 0 Å². The summed E-state index contributed by atoms with van der Waals surface area (Å²) in [5.74, 6) is 0.159. The van der Waals surface area contributed by atoms with Gasteiger partial charge in [0, 0.05) is 10.6 Å². The van der Waals surface area contributed by atoms with E-state index in [1.807, 2.05) is 0 Å². The summed E-state index contributed by atoms with van der Waals surface area (Å²) < 4.78 is 16.0. The van der Waals surface area contributed by atoms with Crippen LogP contribution in [-0.2, 0) is 20.9 Å². The Morgan fingerprint density at radius 3 is 2.88 bits per heavy atom. The fraction of sp³-hybridized carbons (Fsp3) is 0.222. The van der Waals surface area contributed by atoms with Crippen LogP contribution < -0.4 is 14.8 Å². The Labute approximate surface area is 149 Å². The fourth-order valence-electron chi connectivity index (χ4n) is 2.46. The van der Waals surface area contributed by atoms with Crippen LogP contribution in [0.5, 0.6) is 11.5 Å². The molecule has 2 aromatic carbocycles. The number of para-hydroxylation sites is 2. The molecule has 0 radical (unpaired) electrons. The van der Waals surface area contributed by atoms with E-state index in [-0.39, 0.29) is 18.9 Å². The molecule has 2 aromatic rings. The van der Waals surface area contributed by atoms with Crippen LogP contribution in [0.25, 0.3) is 0 Å². The Hall–Kier alpha value is -2.73. The number of benzene rings is 2. The topological polar surface area (TPSA) is 73.9 Å². The van der Waals surface area contributed by atoms with Gasteiger partial charge in [-0.1, -0.05) is 23.7 Å². The monoisotopic (exact) mass is 361 g/mol. The first kappa shape index (κ1) is 17.1. The van der Waals surface area contributed by atoms with Crippen molar-refractivity contribution in [1.29, 1.82) is 0 Å². The third kappa shape index (κ3) is 4.03. The largest absolute Gasteiger partial charge is 0.496 e. The van der Waals surface area contributed by atoms with Gasteiger partial charge in [-0.25, -0.2) is 0 Å². The average molecular weight is 362 g/mol. The van der Waals surface area contributed by atoms with Gasteiger partial charge < -0.3 is 19.5 Å². The maximum absolute atomic E-state index is 12.1. The summed E-state index contributed by atoms with van der Waals surface area (Å²) in [5.41, 5.74) is 1.23. The zero-order chi connectivity index (χ0) is 17.8. The van der Waals surface area contributed by atoms with Gasteiger partial charge in [-0.15, -0.1) is 0 Å². The molecule has 1 aliphatic heterocycles. The van der Waals surface area contributed by atoms with Crippen molar-refractivity contribution in [3.05, 3.63) is 53.1 Å². The van der Waals surface area contributed by atoms with Crippen LogP contribution in [0.4, 0.5) is 5.69 Å². The van der Waals surface area contributed by atoms with Gasteiger partial charge >= 0.3 is 5.97 Å². The first-order chi connectivity index (χ1) is 12.1. The summed E-state index contributed by atoms with van der Waals surface area (Å²) in [6, 6.07) is 12.1. The van der Waals surface area contributed by atoms with E-state index in [9.17, 15) is 9.59 Å². The number of carbonyl (C=O) groups is 2. The standard InChI is InChI=1S/C18H16ClNO5/c1-23-14-7-6-12(19)8-11(14)10-24-17(21)9-16-18(22)20-13-4-2-3-5-15(13)25-16/h2-8,16H,9-10H2,1H3,(H,20,22)/t16-/m0/s1. The van der Waals surface area contributed by atoms with Gasteiger partial charge in [-0.2, -0.15) is 0 Å². The van der Waals surface area contributed by atoms with Crippen molar-refractivity contribution in [2.45, 2.75) is 19.1 Å². The predicted molar refractivity (Wildman–Crippen MR) is 91.9 cm³/mol. The number of nitrogens with one attached hydrogen (secondary N) is 1. The van der Waals surface area contributed by atoms with Crippen molar-refractivity contribution in [3.8, 4) is 11.5 Å². The third-order valence-corrected chi connectivity index (χ3v) is 3.92. The van der Waals surface area contributed by atoms with Crippen LogP contribution in [0.3, 0.4) is 0 Å². The molecule has 7 heteroatoms. The van der Waals surface area contributed by atoms with E-state index in [2.05, 4.69) is 5.32 Å². The maximum atomic E-state index is 12.1. The van der Waals surface area contributed by atoms with Crippen molar-refractivity contribution in [2.75, 3.05) is 12.4 Å². The minimum absolute atomic E-state index is 0.00646. The van der Waals surface area contributed by atoms with E-state index in [0.29, 0.717) is 27.8 Å². The Kier molecular flexibility index (Phi) is 5.09. The lowest BCUT2D eigenvalue weighted by Gasteiger charge is -2.25. The molecule has 0 aliphatic carbocycles. The highest BCUT2D eigenvalue weighted by atomic mass is 35.5. The molecule has 25 heavy (non-hydrogen) atoms. The first-order valence-corrected chi connectivity index (χ1v) is 7.99. The summed E-state index contributed by atoms with van der Waals surface area (Å²) >= 11 is 5.94. The highest BCUT2D eigenvalue weighted by molar-refractivity contribution is 6.30. The Morgan fingerprint density at radius 1 is 1.28 bits per heavy atom. The number of hydrogen-bond acceptors (Lipinski definition) is 5. The zero-order valence-electron chi connectivity index (χ0n) is 13.5. The van der Waals surface area contributed by atoms with E-state index in [0.717, 1.165) is 0 Å². The van der Waals surface area contributed by atoms with Gasteiger partial charge in [0.15, 0.2) is 6.10 Å². The second kappa shape index (κ2) is 7.44. The van der Waals surface area contributed by atoms with Crippen molar-refractivity contribution >= 4 is 29.2 Å². The minimum Gasteiger partial charge on any atom is -0.496 e. The van der Waals surface area contributed by atoms with Gasteiger partial charge in [0.25, 0.3) is 5.91 Å². The molecule has 1 amide bonds. The number of fused-ring (bicyclic) bond motifs is 1. The molecule has 0 bridgehead atoms.